The van der Waals surface area contributed by atoms with Crippen LogP contribution in [0.15, 0.2) is 41.5 Å². The Labute approximate surface area is 116 Å². The number of aromatic hydroxyl groups is 1. The van der Waals surface area contributed by atoms with Crippen molar-refractivity contribution >= 4 is 11.4 Å². The molecule has 2 aliphatic heterocycles. The number of nitrogens with zero attached hydrogens (tertiary/aromatic N) is 2. The summed E-state index contributed by atoms with van der Waals surface area (Å²) < 4.78 is 13.8. The number of hydrazine groups is 1. The van der Waals surface area contributed by atoms with Gasteiger partial charge in [0.25, 0.3) is 0 Å². The molecule has 1 unspecified atom stereocenters. The summed E-state index contributed by atoms with van der Waals surface area (Å²) in [4.78, 5) is 4.13. The zero-order valence-corrected chi connectivity index (χ0v) is 11.3. The number of fused-ring (bicyclic) bond motifs is 1. The van der Waals surface area contributed by atoms with E-state index in [2.05, 4.69) is 10.4 Å². The van der Waals surface area contributed by atoms with Crippen LogP contribution in [0.3, 0.4) is 0 Å². The van der Waals surface area contributed by atoms with Gasteiger partial charge in [-0.2, -0.15) is 5.43 Å². The van der Waals surface area contributed by atoms with Gasteiger partial charge in [0.05, 0.1) is 0 Å². The Morgan fingerprint density at radius 1 is 1.40 bits per heavy atom. The molecule has 3 rings (SSSR count). The number of hydrogen-bond donors (Lipinski definition) is 3. The molecule has 0 aromatic heterocycles. The quantitative estimate of drug-likeness (QED) is 0.732. The van der Waals surface area contributed by atoms with Gasteiger partial charge in [0.2, 0.25) is 0 Å². The number of benzene rings is 1. The number of phenols is 1. The number of hydrogen-bond acceptors (Lipinski definition) is 5. The first-order chi connectivity index (χ1) is 9.65. The van der Waals surface area contributed by atoms with Crippen LogP contribution in [-0.4, -0.2) is 22.2 Å². The van der Waals surface area contributed by atoms with Crippen LogP contribution in [0.4, 0.5) is 4.39 Å². The average molecular weight is 276 g/mol. The fraction of sp³-hybridized carbons (Fsp3) is 0.214. The second-order valence-electron chi connectivity index (χ2n) is 3.99. The third-order valence-corrected chi connectivity index (χ3v) is 2.77. The van der Waals surface area contributed by atoms with Gasteiger partial charge in [-0.3, -0.25) is 10.7 Å². The minimum atomic E-state index is -0.641. The fourth-order valence-electron chi connectivity index (χ4n) is 1.92. The molecule has 20 heavy (non-hydrogen) atoms. The molecule has 0 spiro atoms. The van der Waals surface area contributed by atoms with Crippen molar-refractivity contribution in [3.63, 3.8) is 0 Å². The Morgan fingerprint density at radius 2 is 2.15 bits per heavy atom. The van der Waals surface area contributed by atoms with Gasteiger partial charge in [-0.15, -0.1) is 0 Å². The minimum Gasteiger partial charge on any atom is -0.505 e. The fourth-order valence-corrected chi connectivity index (χ4v) is 1.92. The number of halogens is 1. The Kier molecular flexibility index (Phi) is 4.16. The standard InChI is InChI=1S/C12H11FN4O.C2H6/c13-11-8(2-1-3-9(11)18)7-4-5-17-10(6-7)15-12(14)16-17;1-2/h1-6,12,16,18H,14H2;1-2H3. The van der Waals surface area contributed by atoms with E-state index in [-0.39, 0.29) is 5.75 Å². The highest BCUT2D eigenvalue weighted by Crippen LogP contribution is 2.28. The summed E-state index contributed by atoms with van der Waals surface area (Å²) in [6, 6.07) is 4.50. The Hall–Kier alpha value is -2.18. The number of allylic oxidation sites excluding steroid dienone is 2. The van der Waals surface area contributed by atoms with Crippen LogP contribution < -0.4 is 11.2 Å². The third-order valence-electron chi connectivity index (χ3n) is 2.77. The van der Waals surface area contributed by atoms with Crippen LogP contribution in [0.25, 0.3) is 5.57 Å². The number of nitrogens with one attached hydrogen (secondary N) is 1. The predicted molar refractivity (Wildman–Crippen MR) is 76.9 cm³/mol. The van der Waals surface area contributed by atoms with E-state index in [0.717, 1.165) is 0 Å². The maximum atomic E-state index is 13.8. The van der Waals surface area contributed by atoms with Crippen molar-refractivity contribution in [3.05, 3.63) is 47.9 Å². The van der Waals surface area contributed by atoms with E-state index >= 15 is 0 Å². The van der Waals surface area contributed by atoms with Gasteiger partial charge in [-0.05, 0) is 23.8 Å². The van der Waals surface area contributed by atoms with Gasteiger partial charge in [-0.1, -0.05) is 26.0 Å². The van der Waals surface area contributed by atoms with Gasteiger partial charge in [0, 0.05) is 11.8 Å². The number of nitrogens with two attached hydrogens (primary N) is 1. The SMILES string of the molecule is CC.NC1N=C2C=C(c3cccc(O)c3F)C=CN2N1. The number of amidine groups is 1. The van der Waals surface area contributed by atoms with Crippen LogP contribution in [0.5, 0.6) is 5.75 Å². The van der Waals surface area contributed by atoms with Gasteiger partial charge >= 0.3 is 0 Å². The van der Waals surface area contributed by atoms with Crippen LogP contribution in [0.2, 0.25) is 0 Å². The molecule has 5 nitrogen and oxygen atoms in total. The lowest BCUT2D eigenvalue weighted by atomic mass is 10.0. The highest BCUT2D eigenvalue weighted by molar-refractivity contribution is 6.04. The molecule has 1 aromatic rings. The highest BCUT2D eigenvalue weighted by atomic mass is 19.1. The highest BCUT2D eigenvalue weighted by Gasteiger charge is 2.22. The number of phenolic OH excluding ortho intramolecular Hbond substituents is 1. The first kappa shape index (κ1) is 14.2. The van der Waals surface area contributed by atoms with Gasteiger partial charge in [0.15, 0.2) is 17.9 Å². The summed E-state index contributed by atoms with van der Waals surface area (Å²) in [7, 11) is 0. The van der Waals surface area contributed by atoms with Gasteiger partial charge in [0.1, 0.15) is 5.84 Å². The van der Waals surface area contributed by atoms with Gasteiger partial charge < -0.3 is 5.11 Å². The van der Waals surface area contributed by atoms with Crippen molar-refractivity contribution in [1.29, 1.82) is 0 Å². The van der Waals surface area contributed by atoms with Crippen LogP contribution in [-0.2, 0) is 0 Å². The molecule has 0 amide bonds. The van der Waals surface area contributed by atoms with Crippen LogP contribution in [0.1, 0.15) is 19.4 Å². The molecule has 106 valence electrons. The van der Waals surface area contributed by atoms with Crippen molar-refractivity contribution in [3.8, 4) is 5.75 Å². The van der Waals surface area contributed by atoms with Crippen LogP contribution >= 0.6 is 0 Å². The normalized spacial score (nSPS) is 19.8. The van der Waals surface area contributed by atoms with E-state index < -0.39 is 12.1 Å². The molecule has 1 aromatic carbocycles. The maximum Gasteiger partial charge on any atom is 0.172 e. The molecular weight excluding hydrogens is 259 g/mol. The van der Waals surface area contributed by atoms with Gasteiger partial charge in [-0.25, -0.2) is 9.38 Å². The van der Waals surface area contributed by atoms with Crippen LogP contribution in [0, 0.1) is 5.82 Å². The molecule has 0 aliphatic carbocycles. The summed E-state index contributed by atoms with van der Waals surface area (Å²) in [5.41, 5.74) is 9.46. The lowest BCUT2D eigenvalue weighted by Gasteiger charge is -2.19. The van der Waals surface area contributed by atoms with E-state index in [4.69, 9.17) is 5.73 Å². The van der Waals surface area contributed by atoms with E-state index in [0.29, 0.717) is 17.0 Å². The summed E-state index contributed by atoms with van der Waals surface area (Å²) >= 11 is 0. The van der Waals surface area contributed by atoms with E-state index in [1.807, 2.05) is 13.8 Å². The predicted octanol–water partition coefficient (Wildman–Crippen LogP) is 1.93. The second kappa shape index (κ2) is 5.85. The zero-order valence-electron chi connectivity index (χ0n) is 11.3. The number of rotatable bonds is 1. The maximum absolute atomic E-state index is 13.8. The molecule has 2 heterocycles. The topological polar surface area (TPSA) is 73.9 Å². The monoisotopic (exact) mass is 276 g/mol. The van der Waals surface area contributed by atoms with E-state index in [1.165, 1.54) is 6.07 Å². The Morgan fingerprint density at radius 3 is 2.90 bits per heavy atom. The summed E-state index contributed by atoms with van der Waals surface area (Å²) in [5.74, 6) is -0.395. The summed E-state index contributed by atoms with van der Waals surface area (Å²) in [6.07, 6.45) is 4.65. The van der Waals surface area contributed by atoms with E-state index in [9.17, 15) is 9.50 Å². The molecule has 1 atom stereocenters. The summed E-state index contributed by atoms with van der Waals surface area (Å²) in [6.45, 7) is 4.00. The number of aliphatic imine (C=N–C) groups is 1. The molecule has 6 heteroatoms. The molecule has 0 bridgehead atoms. The smallest absolute Gasteiger partial charge is 0.172 e. The first-order valence-corrected chi connectivity index (χ1v) is 6.42. The zero-order chi connectivity index (χ0) is 14.7. The molecule has 0 radical (unpaired) electrons. The Balaban J connectivity index is 0.000000704. The van der Waals surface area contributed by atoms with E-state index in [1.54, 1.807) is 35.5 Å². The minimum absolute atomic E-state index is 0.328. The lowest BCUT2D eigenvalue weighted by molar-refractivity contribution is 0.386. The molecule has 0 saturated heterocycles. The van der Waals surface area contributed by atoms with Crippen molar-refractivity contribution in [1.82, 2.24) is 10.4 Å². The van der Waals surface area contributed by atoms with Crippen molar-refractivity contribution < 1.29 is 9.50 Å². The Bertz CT molecular complexity index is 595. The molecule has 2 aliphatic rings. The molecular formula is C14H17FN4O. The largest absolute Gasteiger partial charge is 0.505 e. The van der Waals surface area contributed by atoms with Crippen molar-refractivity contribution in [2.24, 2.45) is 10.7 Å². The van der Waals surface area contributed by atoms with Crippen molar-refractivity contribution in [2.45, 2.75) is 20.1 Å². The molecule has 4 N–H and O–H groups in total. The summed E-state index contributed by atoms with van der Waals surface area (Å²) in [5, 5.41) is 11.0. The molecule has 0 saturated carbocycles. The molecule has 0 fully saturated rings. The average Bonchev–Trinajstić information content (AvgIpc) is 2.83. The third kappa shape index (κ3) is 2.56. The first-order valence-electron chi connectivity index (χ1n) is 6.42. The van der Waals surface area contributed by atoms with Crippen molar-refractivity contribution in [2.75, 3.05) is 0 Å². The second-order valence-corrected chi connectivity index (χ2v) is 3.99. The lowest BCUT2D eigenvalue weighted by Crippen LogP contribution is -2.40.